The van der Waals surface area contributed by atoms with Crippen molar-refractivity contribution in [1.29, 1.82) is 0 Å². The summed E-state index contributed by atoms with van der Waals surface area (Å²) >= 11 is 0. The van der Waals surface area contributed by atoms with Gasteiger partial charge in [-0.3, -0.25) is 4.79 Å². The summed E-state index contributed by atoms with van der Waals surface area (Å²) in [6, 6.07) is 0. The zero-order valence-corrected chi connectivity index (χ0v) is 9.91. The first-order valence-electron chi connectivity index (χ1n) is 5.32. The Hall–Kier alpha value is -1.43. The number of aryl methyl sites for hydroxylation is 1. The molecule has 0 bridgehead atoms. The molecule has 0 saturated heterocycles. The van der Waals surface area contributed by atoms with Crippen LogP contribution in [0.4, 0.5) is 0 Å². The van der Waals surface area contributed by atoms with Gasteiger partial charge in [0.2, 0.25) is 11.8 Å². The second-order valence-electron chi connectivity index (χ2n) is 4.08. The van der Waals surface area contributed by atoms with Crippen molar-refractivity contribution in [3.05, 3.63) is 11.7 Å². The number of amides is 1. The van der Waals surface area contributed by atoms with Crippen LogP contribution >= 0.6 is 0 Å². The Labute approximate surface area is 94.6 Å². The number of nitrogens with one attached hydrogen (secondary N) is 1. The number of nitrogens with two attached hydrogens (primary N) is 1. The highest BCUT2D eigenvalue weighted by Gasteiger charge is 2.26. The first-order chi connectivity index (χ1) is 7.45. The summed E-state index contributed by atoms with van der Waals surface area (Å²) < 4.78 is 4.79. The van der Waals surface area contributed by atoms with E-state index in [2.05, 4.69) is 15.5 Å². The molecule has 6 heteroatoms. The molecular formula is C10H18N4O2. The van der Waals surface area contributed by atoms with E-state index in [4.69, 9.17) is 10.3 Å². The van der Waals surface area contributed by atoms with Crippen molar-refractivity contribution in [2.45, 2.75) is 45.7 Å². The maximum atomic E-state index is 11.7. The Balaban J connectivity index is 2.46. The third-order valence-corrected chi connectivity index (χ3v) is 2.26. The lowest BCUT2D eigenvalue weighted by molar-refractivity contribution is -0.126. The van der Waals surface area contributed by atoms with Crippen LogP contribution < -0.4 is 11.1 Å². The van der Waals surface area contributed by atoms with E-state index < -0.39 is 5.54 Å². The summed E-state index contributed by atoms with van der Waals surface area (Å²) in [6.07, 6.45) is 1.51. The molecule has 1 aromatic rings. The van der Waals surface area contributed by atoms with Gasteiger partial charge in [-0.05, 0) is 13.3 Å². The van der Waals surface area contributed by atoms with Crippen LogP contribution in [-0.4, -0.2) is 21.6 Å². The normalized spacial score (nSPS) is 14.5. The molecule has 1 unspecified atom stereocenters. The summed E-state index contributed by atoms with van der Waals surface area (Å²) in [7, 11) is 0. The Morgan fingerprint density at radius 1 is 1.62 bits per heavy atom. The van der Waals surface area contributed by atoms with Gasteiger partial charge >= 0.3 is 0 Å². The van der Waals surface area contributed by atoms with Gasteiger partial charge in [0, 0.05) is 6.92 Å². The van der Waals surface area contributed by atoms with Crippen LogP contribution in [-0.2, 0) is 11.3 Å². The predicted octanol–water partition coefficient (Wildman–Crippen LogP) is 0.512. The number of carbonyl (C=O) groups excluding carboxylic acids is 1. The van der Waals surface area contributed by atoms with Gasteiger partial charge in [0.15, 0.2) is 5.82 Å². The number of aromatic nitrogens is 2. The molecule has 0 saturated carbocycles. The van der Waals surface area contributed by atoms with E-state index >= 15 is 0 Å². The van der Waals surface area contributed by atoms with Crippen molar-refractivity contribution < 1.29 is 9.32 Å². The smallest absolute Gasteiger partial charge is 0.240 e. The maximum absolute atomic E-state index is 11.7. The minimum Gasteiger partial charge on any atom is -0.347 e. The standard InChI is InChI=1S/C10H18N4O2/c1-4-5-10(3,11)9(15)12-6-8-13-7(2)16-14-8/h4-6,11H2,1-3H3,(H,12,15). The van der Waals surface area contributed by atoms with Crippen molar-refractivity contribution in [3.8, 4) is 0 Å². The monoisotopic (exact) mass is 226 g/mol. The van der Waals surface area contributed by atoms with E-state index in [0.29, 0.717) is 18.1 Å². The average molecular weight is 226 g/mol. The van der Waals surface area contributed by atoms with Gasteiger partial charge in [-0.25, -0.2) is 0 Å². The lowest BCUT2D eigenvalue weighted by atomic mass is 9.97. The number of hydrogen-bond acceptors (Lipinski definition) is 5. The fraction of sp³-hybridized carbons (Fsp3) is 0.700. The molecule has 0 spiro atoms. The van der Waals surface area contributed by atoms with E-state index in [9.17, 15) is 4.79 Å². The van der Waals surface area contributed by atoms with Gasteiger partial charge in [0.05, 0.1) is 12.1 Å². The van der Waals surface area contributed by atoms with Gasteiger partial charge < -0.3 is 15.6 Å². The lowest BCUT2D eigenvalue weighted by Gasteiger charge is -2.22. The number of nitrogens with zero attached hydrogens (tertiary/aromatic N) is 2. The SMILES string of the molecule is CCCC(C)(N)C(=O)NCc1noc(C)n1. The second-order valence-corrected chi connectivity index (χ2v) is 4.08. The molecule has 1 atom stereocenters. The third kappa shape index (κ3) is 3.30. The lowest BCUT2D eigenvalue weighted by Crippen LogP contribution is -2.51. The van der Waals surface area contributed by atoms with Crippen LogP contribution in [0.1, 0.15) is 38.4 Å². The second kappa shape index (κ2) is 5.07. The number of carbonyl (C=O) groups is 1. The Bertz CT molecular complexity index is 359. The van der Waals surface area contributed by atoms with Crippen molar-refractivity contribution in [3.63, 3.8) is 0 Å². The Kier molecular flexibility index (Phi) is 4.00. The van der Waals surface area contributed by atoms with Crippen LogP contribution in [0, 0.1) is 6.92 Å². The molecule has 0 aliphatic heterocycles. The predicted molar refractivity (Wildman–Crippen MR) is 58.4 cm³/mol. The Morgan fingerprint density at radius 2 is 2.31 bits per heavy atom. The molecule has 0 radical (unpaired) electrons. The molecule has 6 nitrogen and oxygen atoms in total. The van der Waals surface area contributed by atoms with Crippen molar-refractivity contribution >= 4 is 5.91 Å². The minimum atomic E-state index is -0.840. The summed E-state index contributed by atoms with van der Waals surface area (Å²) in [6.45, 7) is 5.64. The van der Waals surface area contributed by atoms with E-state index in [1.165, 1.54) is 0 Å². The van der Waals surface area contributed by atoms with E-state index in [0.717, 1.165) is 6.42 Å². The fourth-order valence-corrected chi connectivity index (χ4v) is 1.41. The van der Waals surface area contributed by atoms with E-state index in [-0.39, 0.29) is 12.5 Å². The molecule has 1 rings (SSSR count). The van der Waals surface area contributed by atoms with Crippen molar-refractivity contribution in [2.24, 2.45) is 5.73 Å². The van der Waals surface area contributed by atoms with Crippen LogP contribution in [0.3, 0.4) is 0 Å². The molecule has 16 heavy (non-hydrogen) atoms. The van der Waals surface area contributed by atoms with Crippen LogP contribution in [0.15, 0.2) is 4.52 Å². The van der Waals surface area contributed by atoms with Crippen molar-refractivity contribution in [2.75, 3.05) is 0 Å². The zero-order chi connectivity index (χ0) is 12.2. The molecular weight excluding hydrogens is 208 g/mol. The van der Waals surface area contributed by atoms with Gasteiger partial charge in [-0.2, -0.15) is 4.98 Å². The molecule has 0 fully saturated rings. The number of rotatable bonds is 5. The fourth-order valence-electron chi connectivity index (χ4n) is 1.41. The molecule has 0 aliphatic carbocycles. The van der Waals surface area contributed by atoms with Crippen LogP contribution in [0.2, 0.25) is 0 Å². The third-order valence-electron chi connectivity index (χ3n) is 2.26. The molecule has 1 amide bonds. The van der Waals surface area contributed by atoms with Gasteiger partial charge in [-0.15, -0.1) is 0 Å². The Morgan fingerprint density at radius 3 is 2.81 bits per heavy atom. The molecule has 0 aromatic carbocycles. The molecule has 1 aromatic heterocycles. The van der Waals surface area contributed by atoms with Gasteiger partial charge in [-0.1, -0.05) is 18.5 Å². The first-order valence-corrected chi connectivity index (χ1v) is 5.32. The molecule has 3 N–H and O–H groups in total. The van der Waals surface area contributed by atoms with Gasteiger partial charge in [0.1, 0.15) is 0 Å². The van der Waals surface area contributed by atoms with E-state index in [1.807, 2.05) is 6.92 Å². The zero-order valence-electron chi connectivity index (χ0n) is 9.91. The molecule has 1 heterocycles. The van der Waals surface area contributed by atoms with Crippen molar-refractivity contribution in [1.82, 2.24) is 15.5 Å². The number of hydrogen-bond donors (Lipinski definition) is 2. The summed E-state index contributed by atoms with van der Waals surface area (Å²) in [4.78, 5) is 15.7. The summed E-state index contributed by atoms with van der Waals surface area (Å²) in [5.74, 6) is 0.739. The average Bonchev–Trinajstić information content (AvgIpc) is 2.60. The molecule has 90 valence electrons. The maximum Gasteiger partial charge on any atom is 0.240 e. The molecule has 0 aliphatic rings. The first kappa shape index (κ1) is 12.6. The topological polar surface area (TPSA) is 94.0 Å². The summed E-state index contributed by atoms with van der Waals surface area (Å²) in [5.41, 5.74) is 5.02. The highest BCUT2D eigenvalue weighted by Crippen LogP contribution is 2.08. The van der Waals surface area contributed by atoms with Crippen LogP contribution in [0.25, 0.3) is 0 Å². The quantitative estimate of drug-likeness (QED) is 0.763. The van der Waals surface area contributed by atoms with Gasteiger partial charge in [0.25, 0.3) is 0 Å². The van der Waals surface area contributed by atoms with E-state index in [1.54, 1.807) is 13.8 Å². The highest BCUT2D eigenvalue weighted by molar-refractivity contribution is 5.85. The largest absolute Gasteiger partial charge is 0.347 e. The minimum absolute atomic E-state index is 0.197. The van der Waals surface area contributed by atoms with Crippen LogP contribution in [0.5, 0.6) is 0 Å². The summed E-state index contributed by atoms with van der Waals surface area (Å²) in [5, 5.41) is 6.36. The highest BCUT2D eigenvalue weighted by atomic mass is 16.5.